The van der Waals surface area contributed by atoms with Crippen LogP contribution in [-0.2, 0) is 0 Å². The van der Waals surface area contributed by atoms with Crippen LogP contribution >= 0.6 is 0 Å². The summed E-state index contributed by atoms with van der Waals surface area (Å²) in [7, 11) is 0. The number of hydrogen-bond acceptors (Lipinski definition) is 6. The number of nitrogens with two attached hydrogens (primary N) is 2. The molecule has 6 heteroatoms. The minimum Gasteiger partial charge on any atom is -0.404 e. The number of aromatic nitrogens is 2. The number of nitrogens with zero attached hydrogens (tertiary/aromatic N) is 3. The SMILES string of the molecule is C/C(=C/N)c1c(C)nc(N)nc1N=O. The second-order valence-corrected chi connectivity index (χ2v) is 2.81. The Morgan fingerprint density at radius 2 is 2.14 bits per heavy atom. The molecular weight excluding hydrogens is 182 g/mol. The Morgan fingerprint density at radius 3 is 2.64 bits per heavy atom. The molecule has 0 radical (unpaired) electrons. The minimum atomic E-state index is 0.0224. The molecule has 4 N–H and O–H groups in total. The van der Waals surface area contributed by atoms with Crippen molar-refractivity contribution in [2.75, 3.05) is 5.73 Å². The monoisotopic (exact) mass is 193 g/mol. The van der Waals surface area contributed by atoms with Gasteiger partial charge in [0.2, 0.25) is 11.8 Å². The molecule has 0 spiro atoms. The van der Waals surface area contributed by atoms with Crippen LogP contribution in [0.3, 0.4) is 0 Å². The van der Waals surface area contributed by atoms with Gasteiger partial charge in [0.05, 0.1) is 5.69 Å². The highest BCUT2D eigenvalue weighted by atomic mass is 16.3. The van der Waals surface area contributed by atoms with E-state index in [1.165, 1.54) is 6.20 Å². The van der Waals surface area contributed by atoms with E-state index in [9.17, 15) is 4.91 Å². The lowest BCUT2D eigenvalue weighted by molar-refractivity contribution is 1.09. The first kappa shape index (κ1) is 10.1. The Kier molecular flexibility index (Phi) is 2.76. The Bertz CT molecular complexity index is 399. The van der Waals surface area contributed by atoms with Crippen LogP contribution in [0.15, 0.2) is 11.4 Å². The summed E-state index contributed by atoms with van der Waals surface area (Å²) >= 11 is 0. The van der Waals surface area contributed by atoms with E-state index in [2.05, 4.69) is 15.1 Å². The maximum absolute atomic E-state index is 10.5. The van der Waals surface area contributed by atoms with Crippen LogP contribution in [0.1, 0.15) is 18.2 Å². The van der Waals surface area contributed by atoms with Gasteiger partial charge in [0.15, 0.2) is 0 Å². The maximum Gasteiger partial charge on any atom is 0.222 e. The third-order valence-electron chi connectivity index (χ3n) is 1.82. The standard InChI is InChI=1S/C8H11N5O/c1-4(3-9)6-5(2)11-8(10)12-7(6)13-14/h3H,9H2,1-2H3,(H2,10,11,12)/b4-3-. The molecule has 1 heterocycles. The van der Waals surface area contributed by atoms with Crippen LogP contribution in [0, 0.1) is 11.8 Å². The third kappa shape index (κ3) is 1.68. The largest absolute Gasteiger partial charge is 0.404 e. The summed E-state index contributed by atoms with van der Waals surface area (Å²) in [6, 6.07) is 0. The quantitative estimate of drug-likeness (QED) is 0.683. The summed E-state index contributed by atoms with van der Waals surface area (Å²) in [6.45, 7) is 3.46. The Balaban J connectivity index is 3.47. The van der Waals surface area contributed by atoms with E-state index in [1.54, 1.807) is 13.8 Å². The van der Waals surface area contributed by atoms with E-state index in [4.69, 9.17) is 11.5 Å². The van der Waals surface area contributed by atoms with Gasteiger partial charge in [-0.3, -0.25) is 0 Å². The van der Waals surface area contributed by atoms with Crippen molar-refractivity contribution in [1.29, 1.82) is 0 Å². The van der Waals surface area contributed by atoms with Crippen LogP contribution in [0.5, 0.6) is 0 Å². The van der Waals surface area contributed by atoms with Gasteiger partial charge in [-0.1, -0.05) is 0 Å². The lowest BCUT2D eigenvalue weighted by Gasteiger charge is -2.06. The van der Waals surface area contributed by atoms with Gasteiger partial charge < -0.3 is 11.5 Å². The van der Waals surface area contributed by atoms with Crippen LogP contribution in [0.4, 0.5) is 11.8 Å². The van der Waals surface area contributed by atoms with Crippen LogP contribution in [0.2, 0.25) is 0 Å². The second kappa shape index (κ2) is 3.82. The van der Waals surface area contributed by atoms with E-state index in [-0.39, 0.29) is 11.8 Å². The number of allylic oxidation sites excluding steroid dienone is 1. The van der Waals surface area contributed by atoms with Gasteiger partial charge in [0.1, 0.15) is 0 Å². The summed E-state index contributed by atoms with van der Waals surface area (Å²) in [5, 5.41) is 2.78. The summed E-state index contributed by atoms with van der Waals surface area (Å²) in [5.41, 5.74) is 12.5. The number of rotatable bonds is 2. The molecule has 1 aromatic rings. The molecule has 0 aliphatic rings. The number of aryl methyl sites for hydroxylation is 1. The molecule has 0 atom stereocenters. The molecule has 74 valence electrons. The van der Waals surface area contributed by atoms with Crippen molar-refractivity contribution in [3.8, 4) is 0 Å². The molecule has 0 aromatic carbocycles. The van der Waals surface area contributed by atoms with Crippen LogP contribution in [-0.4, -0.2) is 9.97 Å². The lowest BCUT2D eigenvalue weighted by atomic mass is 10.1. The maximum atomic E-state index is 10.5. The van der Waals surface area contributed by atoms with Crippen molar-refractivity contribution in [2.45, 2.75) is 13.8 Å². The summed E-state index contributed by atoms with van der Waals surface area (Å²) < 4.78 is 0. The van der Waals surface area contributed by atoms with Crippen molar-refractivity contribution in [3.63, 3.8) is 0 Å². The molecule has 0 bridgehead atoms. The highest BCUT2D eigenvalue weighted by Crippen LogP contribution is 2.26. The molecular formula is C8H11N5O. The summed E-state index contributed by atoms with van der Waals surface area (Å²) in [6.07, 6.45) is 1.37. The number of nitrogen functional groups attached to an aromatic ring is 1. The molecule has 0 fully saturated rings. The predicted molar refractivity (Wildman–Crippen MR) is 54.5 cm³/mol. The van der Waals surface area contributed by atoms with Gasteiger partial charge in [0.25, 0.3) is 0 Å². The minimum absolute atomic E-state index is 0.0224. The normalized spacial score (nSPS) is 11.4. The summed E-state index contributed by atoms with van der Waals surface area (Å²) in [5.74, 6) is 0.0554. The smallest absolute Gasteiger partial charge is 0.222 e. The number of anilines is 1. The predicted octanol–water partition coefficient (Wildman–Crippen LogP) is 1.08. The molecule has 1 rings (SSSR count). The Morgan fingerprint density at radius 1 is 1.50 bits per heavy atom. The van der Waals surface area contributed by atoms with Crippen molar-refractivity contribution in [1.82, 2.24) is 9.97 Å². The average Bonchev–Trinajstić information content (AvgIpc) is 2.15. The van der Waals surface area contributed by atoms with E-state index in [0.717, 1.165) is 0 Å². The Hall–Kier alpha value is -1.98. The highest BCUT2D eigenvalue weighted by Gasteiger charge is 2.12. The molecule has 6 nitrogen and oxygen atoms in total. The fourth-order valence-electron chi connectivity index (χ4n) is 1.19. The third-order valence-corrected chi connectivity index (χ3v) is 1.82. The first-order chi connectivity index (χ1) is 6.60. The van der Waals surface area contributed by atoms with Crippen LogP contribution in [0.25, 0.3) is 5.57 Å². The van der Waals surface area contributed by atoms with Crippen molar-refractivity contribution >= 4 is 17.3 Å². The van der Waals surface area contributed by atoms with Gasteiger partial charge in [-0.25, -0.2) is 4.98 Å². The van der Waals surface area contributed by atoms with E-state index < -0.39 is 0 Å². The van der Waals surface area contributed by atoms with Crippen molar-refractivity contribution in [2.24, 2.45) is 10.9 Å². The fourth-order valence-corrected chi connectivity index (χ4v) is 1.19. The topological polar surface area (TPSA) is 107 Å². The Labute approximate surface area is 81.0 Å². The molecule has 0 unspecified atom stereocenters. The molecule has 0 aliphatic heterocycles. The zero-order chi connectivity index (χ0) is 10.7. The lowest BCUT2D eigenvalue weighted by Crippen LogP contribution is -2.01. The number of hydrogen-bond donors (Lipinski definition) is 2. The van der Waals surface area contributed by atoms with Gasteiger partial charge in [-0.05, 0) is 30.8 Å². The fraction of sp³-hybridized carbons (Fsp3) is 0.250. The van der Waals surface area contributed by atoms with E-state index in [1.807, 2.05) is 0 Å². The molecule has 1 aromatic heterocycles. The zero-order valence-electron chi connectivity index (χ0n) is 7.98. The van der Waals surface area contributed by atoms with E-state index in [0.29, 0.717) is 16.8 Å². The van der Waals surface area contributed by atoms with Crippen molar-refractivity contribution < 1.29 is 0 Å². The number of nitroso groups, excluding NO2 is 1. The summed E-state index contributed by atoms with van der Waals surface area (Å²) in [4.78, 5) is 18.1. The second-order valence-electron chi connectivity index (χ2n) is 2.81. The molecule has 0 saturated carbocycles. The first-order valence-electron chi connectivity index (χ1n) is 3.96. The molecule has 14 heavy (non-hydrogen) atoms. The average molecular weight is 193 g/mol. The molecule has 0 aliphatic carbocycles. The van der Waals surface area contributed by atoms with Gasteiger partial charge in [-0.15, -0.1) is 4.91 Å². The van der Waals surface area contributed by atoms with Crippen molar-refractivity contribution in [3.05, 3.63) is 22.4 Å². The van der Waals surface area contributed by atoms with Gasteiger partial charge >= 0.3 is 0 Å². The van der Waals surface area contributed by atoms with Gasteiger partial charge in [0, 0.05) is 5.56 Å². The van der Waals surface area contributed by atoms with Gasteiger partial charge in [-0.2, -0.15) is 4.98 Å². The van der Waals surface area contributed by atoms with E-state index >= 15 is 0 Å². The highest BCUT2D eigenvalue weighted by molar-refractivity contribution is 5.73. The van der Waals surface area contributed by atoms with Crippen LogP contribution < -0.4 is 11.5 Å². The zero-order valence-corrected chi connectivity index (χ0v) is 7.98. The molecule has 0 amide bonds. The first-order valence-corrected chi connectivity index (χ1v) is 3.96. The molecule has 0 saturated heterocycles.